The molecule has 0 aliphatic carbocycles. The summed E-state index contributed by atoms with van der Waals surface area (Å²) in [6, 6.07) is 7.31. The van der Waals surface area contributed by atoms with Gasteiger partial charge in [0.1, 0.15) is 0 Å². The molecule has 1 aromatic rings. The van der Waals surface area contributed by atoms with E-state index in [1.54, 1.807) is 12.1 Å². The van der Waals surface area contributed by atoms with E-state index >= 15 is 0 Å². The molecule has 92 valence electrons. The molecule has 1 aromatic carbocycles. The minimum Gasteiger partial charge on any atom is -0.273 e. The van der Waals surface area contributed by atoms with Crippen LogP contribution < -0.4 is 5.48 Å². The monoisotopic (exact) mass is 253 g/mol. The molecule has 17 heavy (non-hydrogen) atoms. The van der Waals surface area contributed by atoms with Gasteiger partial charge in [0.2, 0.25) is 0 Å². The summed E-state index contributed by atoms with van der Waals surface area (Å²) >= 11 is 5.94. The molecule has 0 unspecified atom stereocenters. The first-order chi connectivity index (χ1) is 8.09. The number of rotatable bonds is 5. The summed E-state index contributed by atoms with van der Waals surface area (Å²) in [6.45, 7) is 4.50. The molecule has 0 aliphatic rings. The fraction of sp³-hybridized carbons (Fsp3) is 0.308. The number of halogens is 1. The normalized spacial score (nSPS) is 11.1. The number of nitrogens with one attached hydrogen (secondary N) is 1. The second-order valence-electron chi connectivity index (χ2n) is 4.03. The van der Waals surface area contributed by atoms with Gasteiger partial charge in [0, 0.05) is 11.1 Å². The van der Waals surface area contributed by atoms with Crippen LogP contribution in [0.2, 0.25) is 5.02 Å². The third-order valence-corrected chi connectivity index (χ3v) is 2.25. The average molecular weight is 254 g/mol. The second kappa shape index (κ2) is 7.09. The van der Waals surface area contributed by atoms with Gasteiger partial charge in [0.05, 0.1) is 6.61 Å². The Hall–Kier alpha value is -1.32. The van der Waals surface area contributed by atoms with E-state index in [0.29, 0.717) is 17.5 Å². The first-order valence-electron chi connectivity index (χ1n) is 5.44. The van der Waals surface area contributed by atoms with Crippen molar-refractivity contribution in [2.75, 3.05) is 6.61 Å². The Morgan fingerprint density at radius 1 is 1.47 bits per heavy atom. The van der Waals surface area contributed by atoms with E-state index in [-0.39, 0.29) is 5.91 Å². The van der Waals surface area contributed by atoms with Gasteiger partial charge in [0.25, 0.3) is 5.91 Å². The zero-order valence-corrected chi connectivity index (χ0v) is 10.7. The zero-order chi connectivity index (χ0) is 12.7. The lowest BCUT2D eigenvalue weighted by atomic mass is 10.2. The first kappa shape index (κ1) is 13.7. The summed E-state index contributed by atoms with van der Waals surface area (Å²) in [5.74, 6) is 0.0772. The van der Waals surface area contributed by atoms with Gasteiger partial charge in [-0.2, -0.15) is 0 Å². The third-order valence-electron chi connectivity index (χ3n) is 1.91. The van der Waals surface area contributed by atoms with Crippen LogP contribution in [-0.2, 0) is 9.63 Å². The van der Waals surface area contributed by atoms with E-state index in [9.17, 15) is 4.79 Å². The summed E-state index contributed by atoms with van der Waals surface area (Å²) < 4.78 is 0. The van der Waals surface area contributed by atoms with Gasteiger partial charge in [0.15, 0.2) is 0 Å². The topological polar surface area (TPSA) is 38.3 Å². The quantitative estimate of drug-likeness (QED) is 0.647. The van der Waals surface area contributed by atoms with Crippen molar-refractivity contribution in [3.8, 4) is 0 Å². The number of hydrogen-bond acceptors (Lipinski definition) is 2. The van der Waals surface area contributed by atoms with E-state index < -0.39 is 0 Å². The maximum atomic E-state index is 11.3. The highest BCUT2D eigenvalue weighted by molar-refractivity contribution is 6.32. The van der Waals surface area contributed by atoms with Crippen molar-refractivity contribution in [2.45, 2.75) is 13.8 Å². The lowest BCUT2D eigenvalue weighted by Gasteiger charge is -2.05. The fourth-order valence-electron chi connectivity index (χ4n) is 1.09. The molecule has 0 heterocycles. The van der Waals surface area contributed by atoms with Gasteiger partial charge in [-0.25, -0.2) is 5.48 Å². The zero-order valence-electron chi connectivity index (χ0n) is 9.94. The molecule has 0 bridgehead atoms. The molecule has 1 N–H and O–H groups in total. The Kier molecular flexibility index (Phi) is 5.73. The molecule has 4 heteroatoms. The number of carbonyl (C=O) groups excluding carboxylic acids is 1. The van der Waals surface area contributed by atoms with Crippen LogP contribution in [0.3, 0.4) is 0 Å². The van der Waals surface area contributed by atoms with Crippen LogP contribution in [0.4, 0.5) is 0 Å². The minimum absolute atomic E-state index is 0.300. The lowest BCUT2D eigenvalue weighted by Crippen LogP contribution is -2.23. The standard InChI is InChI=1S/C13H16ClNO2/c1-10(2)9-17-15-13(16)8-7-11-5-3-4-6-12(11)14/h3-8,10H,9H2,1-2H3,(H,15,16)/b8-7+. The van der Waals surface area contributed by atoms with Crippen LogP contribution in [0.1, 0.15) is 19.4 Å². The number of hydrogen-bond donors (Lipinski definition) is 1. The van der Waals surface area contributed by atoms with E-state index in [2.05, 4.69) is 5.48 Å². The van der Waals surface area contributed by atoms with Crippen LogP contribution in [0.5, 0.6) is 0 Å². The van der Waals surface area contributed by atoms with E-state index in [1.165, 1.54) is 6.08 Å². The van der Waals surface area contributed by atoms with Crippen molar-refractivity contribution in [2.24, 2.45) is 5.92 Å². The van der Waals surface area contributed by atoms with E-state index in [4.69, 9.17) is 16.4 Å². The number of amides is 1. The summed E-state index contributed by atoms with van der Waals surface area (Å²) in [5.41, 5.74) is 3.13. The van der Waals surface area contributed by atoms with Crippen molar-refractivity contribution in [3.05, 3.63) is 40.9 Å². The van der Waals surface area contributed by atoms with Crippen LogP contribution in [0.25, 0.3) is 6.08 Å². The summed E-state index contributed by atoms with van der Waals surface area (Å²) in [7, 11) is 0. The first-order valence-corrected chi connectivity index (χ1v) is 5.81. The van der Waals surface area contributed by atoms with Crippen molar-refractivity contribution < 1.29 is 9.63 Å². The molecule has 0 fully saturated rings. The largest absolute Gasteiger partial charge is 0.273 e. The summed E-state index contributed by atoms with van der Waals surface area (Å²) in [6.07, 6.45) is 3.04. The Morgan fingerprint density at radius 2 is 2.18 bits per heavy atom. The predicted octanol–water partition coefficient (Wildman–Crippen LogP) is 3.06. The minimum atomic E-state index is -0.300. The SMILES string of the molecule is CC(C)CONC(=O)/C=C/c1ccccc1Cl. The molecule has 1 amide bonds. The number of carbonyl (C=O) groups is 1. The molecule has 0 saturated carbocycles. The number of benzene rings is 1. The smallest absolute Gasteiger partial charge is 0.267 e. The fourth-order valence-corrected chi connectivity index (χ4v) is 1.29. The Morgan fingerprint density at radius 3 is 2.82 bits per heavy atom. The third kappa shape index (κ3) is 5.52. The molecule has 0 saturated heterocycles. The second-order valence-corrected chi connectivity index (χ2v) is 4.43. The molecule has 3 nitrogen and oxygen atoms in total. The van der Waals surface area contributed by atoms with Crippen LogP contribution in [0.15, 0.2) is 30.3 Å². The summed E-state index contributed by atoms with van der Waals surface area (Å²) in [4.78, 5) is 16.3. The molecule has 0 radical (unpaired) electrons. The van der Waals surface area contributed by atoms with Crippen molar-refractivity contribution in [3.63, 3.8) is 0 Å². The Bertz CT molecular complexity index is 402. The van der Waals surface area contributed by atoms with Gasteiger partial charge >= 0.3 is 0 Å². The van der Waals surface area contributed by atoms with Gasteiger partial charge in [-0.05, 0) is 23.6 Å². The summed E-state index contributed by atoms with van der Waals surface area (Å²) in [5, 5.41) is 0.611. The Balaban J connectivity index is 2.43. The van der Waals surface area contributed by atoms with Gasteiger partial charge in [-0.1, -0.05) is 43.6 Å². The molecule has 0 aromatic heterocycles. The molecule has 0 aliphatic heterocycles. The van der Waals surface area contributed by atoms with Crippen molar-refractivity contribution >= 4 is 23.6 Å². The van der Waals surface area contributed by atoms with Crippen molar-refractivity contribution in [1.82, 2.24) is 5.48 Å². The van der Waals surface area contributed by atoms with E-state index in [0.717, 1.165) is 5.56 Å². The Labute approximate surface area is 106 Å². The maximum Gasteiger partial charge on any atom is 0.267 e. The highest BCUT2D eigenvalue weighted by atomic mass is 35.5. The molecule has 0 spiro atoms. The van der Waals surface area contributed by atoms with Crippen LogP contribution in [-0.4, -0.2) is 12.5 Å². The number of hydroxylamine groups is 1. The highest BCUT2D eigenvalue weighted by Crippen LogP contribution is 2.15. The lowest BCUT2D eigenvalue weighted by molar-refractivity contribution is -0.129. The molecule has 1 rings (SSSR count). The average Bonchev–Trinajstić information content (AvgIpc) is 2.27. The van der Waals surface area contributed by atoms with Gasteiger partial charge < -0.3 is 0 Å². The molecule has 0 atom stereocenters. The predicted molar refractivity (Wildman–Crippen MR) is 69.4 cm³/mol. The van der Waals surface area contributed by atoms with Gasteiger partial charge in [-0.3, -0.25) is 9.63 Å². The van der Waals surface area contributed by atoms with Crippen LogP contribution in [0, 0.1) is 5.92 Å². The van der Waals surface area contributed by atoms with Crippen LogP contribution >= 0.6 is 11.6 Å². The maximum absolute atomic E-state index is 11.3. The van der Waals surface area contributed by atoms with Gasteiger partial charge in [-0.15, -0.1) is 0 Å². The van der Waals surface area contributed by atoms with Crippen molar-refractivity contribution in [1.29, 1.82) is 0 Å². The highest BCUT2D eigenvalue weighted by Gasteiger charge is 1.98. The van der Waals surface area contributed by atoms with E-state index in [1.807, 2.05) is 32.0 Å². The molecular formula is C13H16ClNO2. The molecular weight excluding hydrogens is 238 g/mol.